The minimum atomic E-state index is -3.77. The van der Waals surface area contributed by atoms with Crippen molar-refractivity contribution in [2.75, 3.05) is 0 Å². The first kappa shape index (κ1) is 9.62. The summed E-state index contributed by atoms with van der Waals surface area (Å²) in [4.78, 5) is 9.43. The standard InChI is InChI=1S/C6H6N2O4S/c7-13(11,12)6-3-1-5(2-4-6)8(9)10/h1-4H,(H2,7,11,12)/i7+1. The summed E-state index contributed by atoms with van der Waals surface area (Å²) in [6, 6.07) is 4.35. The van der Waals surface area contributed by atoms with Gasteiger partial charge in [0.05, 0.1) is 9.82 Å². The van der Waals surface area contributed by atoms with Crippen LogP contribution in [0.25, 0.3) is 0 Å². The van der Waals surface area contributed by atoms with Gasteiger partial charge in [-0.15, -0.1) is 0 Å². The van der Waals surface area contributed by atoms with Crippen molar-refractivity contribution < 1.29 is 13.3 Å². The largest absolute Gasteiger partial charge is 0.269 e. The maximum Gasteiger partial charge on any atom is 0.269 e. The first-order chi connectivity index (χ1) is 5.91. The van der Waals surface area contributed by atoms with Gasteiger partial charge in [0.1, 0.15) is 0 Å². The molecular formula is C6H6N2O4S. The molecule has 0 fully saturated rings. The van der Waals surface area contributed by atoms with Crippen molar-refractivity contribution in [3.8, 4) is 0 Å². The molecular weight excluding hydrogens is 197 g/mol. The van der Waals surface area contributed by atoms with Gasteiger partial charge in [0.25, 0.3) is 5.69 Å². The molecule has 0 heterocycles. The Morgan fingerprint density at radius 1 is 1.23 bits per heavy atom. The van der Waals surface area contributed by atoms with E-state index in [1.54, 1.807) is 0 Å². The van der Waals surface area contributed by atoms with Gasteiger partial charge in [-0.05, 0) is 12.1 Å². The predicted octanol–water partition coefficient (Wildman–Crippen LogP) is 0.242. The number of sulfonamides is 1. The summed E-state index contributed by atoms with van der Waals surface area (Å²) in [6.07, 6.45) is 0. The Balaban J connectivity index is 3.16. The second kappa shape index (κ2) is 3.11. The minimum Gasteiger partial charge on any atom is -0.258 e. The molecule has 1 aromatic carbocycles. The zero-order valence-corrected chi connectivity index (χ0v) is 7.19. The Labute approximate surface area is 74.2 Å². The van der Waals surface area contributed by atoms with Crippen LogP contribution >= 0.6 is 0 Å². The molecule has 7 heteroatoms. The first-order valence-electron chi connectivity index (χ1n) is 3.18. The fourth-order valence-electron chi connectivity index (χ4n) is 0.758. The summed E-state index contributed by atoms with van der Waals surface area (Å²) in [6.45, 7) is 0. The molecule has 0 saturated heterocycles. The molecule has 0 spiro atoms. The second-order valence-corrected chi connectivity index (χ2v) is 3.86. The number of nitro benzene ring substituents is 1. The monoisotopic (exact) mass is 203 g/mol. The maximum absolute atomic E-state index is 10.7. The summed E-state index contributed by atoms with van der Waals surface area (Å²) in [5.41, 5.74) is -0.174. The van der Waals surface area contributed by atoms with Crippen molar-refractivity contribution in [3.63, 3.8) is 0 Å². The molecule has 13 heavy (non-hydrogen) atoms. The summed E-state index contributed by atoms with van der Waals surface area (Å²) < 4.78 is 21.4. The smallest absolute Gasteiger partial charge is 0.258 e. The first-order valence-corrected chi connectivity index (χ1v) is 4.73. The van der Waals surface area contributed by atoms with E-state index in [0.29, 0.717) is 0 Å². The van der Waals surface area contributed by atoms with Crippen molar-refractivity contribution in [1.82, 2.24) is 0 Å². The van der Waals surface area contributed by atoms with E-state index in [2.05, 4.69) is 0 Å². The van der Waals surface area contributed by atoms with Crippen LogP contribution < -0.4 is 5.14 Å². The lowest BCUT2D eigenvalue weighted by molar-refractivity contribution is -0.384. The van der Waals surface area contributed by atoms with Crippen LogP contribution in [-0.2, 0) is 10.0 Å². The minimum absolute atomic E-state index is 0.141. The van der Waals surface area contributed by atoms with Gasteiger partial charge in [0.2, 0.25) is 10.0 Å². The van der Waals surface area contributed by atoms with E-state index in [1.165, 1.54) is 0 Å². The third-order valence-corrected chi connectivity index (χ3v) is 2.31. The number of non-ortho nitro benzene ring substituents is 1. The van der Waals surface area contributed by atoms with Gasteiger partial charge in [-0.25, -0.2) is 13.6 Å². The van der Waals surface area contributed by atoms with Gasteiger partial charge in [-0.1, -0.05) is 0 Å². The van der Waals surface area contributed by atoms with Crippen molar-refractivity contribution in [3.05, 3.63) is 34.4 Å². The molecule has 0 amide bonds. The number of primary sulfonamides is 1. The van der Waals surface area contributed by atoms with E-state index in [4.69, 9.17) is 5.14 Å². The highest BCUT2D eigenvalue weighted by Crippen LogP contribution is 2.14. The summed E-state index contributed by atoms with van der Waals surface area (Å²) >= 11 is 0. The lowest BCUT2D eigenvalue weighted by atomic mass is 10.3. The van der Waals surface area contributed by atoms with Crippen LogP contribution in [0.3, 0.4) is 0 Å². The molecule has 0 unspecified atom stereocenters. The molecule has 1 aromatic rings. The number of nitrogens with two attached hydrogens (primary N) is 1. The fourth-order valence-corrected chi connectivity index (χ4v) is 1.27. The van der Waals surface area contributed by atoms with E-state index in [0.717, 1.165) is 24.3 Å². The zero-order chi connectivity index (χ0) is 10.1. The van der Waals surface area contributed by atoms with Crippen molar-refractivity contribution in [1.29, 1.82) is 0 Å². The van der Waals surface area contributed by atoms with Crippen LogP contribution in [-0.4, -0.2) is 13.3 Å². The molecule has 1 rings (SSSR count). The van der Waals surface area contributed by atoms with Crippen molar-refractivity contribution in [2.45, 2.75) is 4.90 Å². The topological polar surface area (TPSA) is 103 Å². The van der Waals surface area contributed by atoms with Crippen LogP contribution in [0, 0.1) is 10.1 Å². The van der Waals surface area contributed by atoms with Crippen LogP contribution in [0.1, 0.15) is 0 Å². The molecule has 0 aliphatic carbocycles. The molecule has 0 aliphatic heterocycles. The Bertz CT molecular complexity index is 422. The number of nitrogens with zero attached hydrogens (tertiary/aromatic N) is 1. The molecule has 70 valence electrons. The molecule has 0 aliphatic rings. The van der Waals surface area contributed by atoms with Crippen LogP contribution in [0.15, 0.2) is 29.2 Å². The Hall–Kier alpha value is -1.47. The second-order valence-electron chi connectivity index (χ2n) is 2.30. The molecule has 0 radical (unpaired) electrons. The van der Waals surface area contributed by atoms with Gasteiger partial charge in [0, 0.05) is 12.1 Å². The Morgan fingerprint density at radius 2 is 1.69 bits per heavy atom. The van der Waals surface area contributed by atoms with Gasteiger partial charge >= 0.3 is 0 Å². The molecule has 0 aromatic heterocycles. The summed E-state index contributed by atoms with van der Waals surface area (Å²) in [5.74, 6) is 0. The lowest BCUT2D eigenvalue weighted by Crippen LogP contribution is -2.11. The molecule has 6 nitrogen and oxygen atoms in total. The molecule has 2 N–H and O–H groups in total. The maximum atomic E-state index is 10.7. The summed E-state index contributed by atoms with van der Waals surface area (Å²) in [7, 11) is -3.77. The number of hydrogen-bond acceptors (Lipinski definition) is 4. The quantitative estimate of drug-likeness (QED) is 0.422. The van der Waals surface area contributed by atoms with Gasteiger partial charge < -0.3 is 0 Å². The Morgan fingerprint density at radius 3 is 2.00 bits per heavy atom. The van der Waals surface area contributed by atoms with E-state index in [1.807, 2.05) is 0 Å². The number of benzene rings is 1. The van der Waals surface area contributed by atoms with E-state index < -0.39 is 14.9 Å². The number of hydrogen-bond donors (Lipinski definition) is 1. The summed E-state index contributed by atoms with van der Waals surface area (Å²) in [5, 5.41) is 15.0. The van der Waals surface area contributed by atoms with E-state index in [9.17, 15) is 18.5 Å². The van der Waals surface area contributed by atoms with Gasteiger partial charge in [0.15, 0.2) is 0 Å². The average molecular weight is 203 g/mol. The predicted molar refractivity (Wildman–Crippen MR) is 44.5 cm³/mol. The normalized spacial score (nSPS) is 11.2. The Kier molecular flexibility index (Phi) is 2.30. The third-order valence-electron chi connectivity index (χ3n) is 1.38. The van der Waals surface area contributed by atoms with Crippen molar-refractivity contribution in [2.24, 2.45) is 5.14 Å². The highest BCUT2D eigenvalue weighted by molar-refractivity contribution is 7.89. The van der Waals surface area contributed by atoms with E-state index >= 15 is 0 Å². The third kappa shape index (κ3) is 2.23. The van der Waals surface area contributed by atoms with Crippen LogP contribution in [0.4, 0.5) is 5.69 Å². The molecule has 0 saturated carbocycles. The van der Waals surface area contributed by atoms with E-state index in [-0.39, 0.29) is 10.6 Å². The van der Waals surface area contributed by atoms with Gasteiger partial charge in [-0.2, -0.15) is 0 Å². The highest BCUT2D eigenvalue weighted by atomic mass is 32.2. The SMILES string of the molecule is [15NH2]S(=O)(=O)c1ccc([N+](=O)[O-])cc1. The number of nitro groups is 1. The van der Waals surface area contributed by atoms with Crippen molar-refractivity contribution >= 4 is 15.7 Å². The molecule has 0 atom stereocenters. The number of rotatable bonds is 2. The van der Waals surface area contributed by atoms with Crippen LogP contribution in [0.5, 0.6) is 0 Å². The highest BCUT2D eigenvalue weighted by Gasteiger charge is 2.10. The fraction of sp³-hybridized carbons (Fsp3) is 0. The lowest BCUT2D eigenvalue weighted by Gasteiger charge is -1.95. The van der Waals surface area contributed by atoms with Crippen LogP contribution in [0.2, 0.25) is 0 Å². The van der Waals surface area contributed by atoms with Gasteiger partial charge in [-0.3, -0.25) is 10.1 Å². The average Bonchev–Trinajstić information content (AvgIpc) is 2.03. The zero-order valence-electron chi connectivity index (χ0n) is 6.38. The molecule has 0 bridgehead atoms.